The van der Waals surface area contributed by atoms with Gasteiger partial charge in [0.2, 0.25) is 5.91 Å². The lowest BCUT2D eigenvalue weighted by molar-refractivity contribution is -0.121. The fourth-order valence-electron chi connectivity index (χ4n) is 2.64. The molecule has 0 radical (unpaired) electrons. The first kappa shape index (κ1) is 19.4. The minimum atomic E-state index is -0.160. The third-order valence-corrected chi connectivity index (χ3v) is 5.08. The predicted octanol–water partition coefficient (Wildman–Crippen LogP) is 5.08. The molecular weight excluding hydrogens is 330 g/mol. The highest BCUT2D eigenvalue weighted by atomic mass is 32.2. The normalized spacial score (nSPS) is 13.3. The second-order valence-electron chi connectivity index (χ2n) is 6.54. The van der Waals surface area contributed by atoms with Gasteiger partial charge in [-0.3, -0.25) is 4.79 Å². The Bertz CT molecular complexity index is 655. The van der Waals surface area contributed by atoms with Gasteiger partial charge >= 0.3 is 0 Å². The molecule has 3 nitrogen and oxygen atoms in total. The molecule has 0 fully saturated rings. The van der Waals surface area contributed by atoms with Crippen molar-refractivity contribution in [3.8, 4) is 5.75 Å². The van der Waals surface area contributed by atoms with Crippen LogP contribution in [-0.4, -0.2) is 18.3 Å². The van der Waals surface area contributed by atoms with E-state index in [9.17, 15) is 4.79 Å². The van der Waals surface area contributed by atoms with Crippen molar-refractivity contribution in [2.45, 2.75) is 43.4 Å². The number of hydrogen-bond acceptors (Lipinski definition) is 3. The average molecular weight is 358 g/mol. The molecule has 0 saturated heterocycles. The summed E-state index contributed by atoms with van der Waals surface area (Å²) < 4.78 is 5.17. The standard InChI is InChI=1S/C21H27NO2S/c1-15(2)14-20(17-8-6-5-7-9-17)22-21(23)16(3)25-19-12-10-18(24-4)11-13-19/h5-13,15-16,20H,14H2,1-4H3,(H,22,23)/t16-,20+/m1/s1. The number of hydrogen-bond donors (Lipinski definition) is 1. The van der Waals surface area contributed by atoms with Gasteiger partial charge in [-0.1, -0.05) is 44.2 Å². The summed E-state index contributed by atoms with van der Waals surface area (Å²) in [6.07, 6.45) is 0.926. The van der Waals surface area contributed by atoms with E-state index in [4.69, 9.17) is 4.74 Å². The highest BCUT2D eigenvalue weighted by Gasteiger charge is 2.20. The zero-order chi connectivity index (χ0) is 18.2. The molecule has 134 valence electrons. The molecule has 0 bridgehead atoms. The van der Waals surface area contributed by atoms with Gasteiger partial charge in [0.25, 0.3) is 0 Å². The van der Waals surface area contributed by atoms with Crippen molar-refractivity contribution in [3.05, 3.63) is 60.2 Å². The van der Waals surface area contributed by atoms with Gasteiger partial charge in [0, 0.05) is 4.90 Å². The van der Waals surface area contributed by atoms with Crippen LogP contribution in [0.2, 0.25) is 0 Å². The summed E-state index contributed by atoms with van der Waals surface area (Å²) in [6.45, 7) is 6.30. The molecule has 2 aromatic rings. The molecule has 25 heavy (non-hydrogen) atoms. The van der Waals surface area contributed by atoms with Crippen LogP contribution in [0.4, 0.5) is 0 Å². The lowest BCUT2D eigenvalue weighted by Gasteiger charge is -2.23. The Morgan fingerprint density at radius 2 is 1.68 bits per heavy atom. The summed E-state index contributed by atoms with van der Waals surface area (Å²) in [5.41, 5.74) is 1.16. The summed E-state index contributed by atoms with van der Waals surface area (Å²) in [6, 6.07) is 18.0. The van der Waals surface area contributed by atoms with Gasteiger partial charge in [0.15, 0.2) is 0 Å². The van der Waals surface area contributed by atoms with Crippen LogP contribution in [-0.2, 0) is 4.79 Å². The number of ether oxygens (including phenoxy) is 1. The molecule has 0 aliphatic heterocycles. The van der Waals surface area contributed by atoms with E-state index in [1.807, 2.05) is 49.4 Å². The number of carbonyl (C=O) groups is 1. The quantitative estimate of drug-likeness (QED) is 0.670. The Morgan fingerprint density at radius 1 is 1.04 bits per heavy atom. The van der Waals surface area contributed by atoms with Gasteiger partial charge < -0.3 is 10.1 Å². The van der Waals surface area contributed by atoms with E-state index in [1.165, 1.54) is 0 Å². The van der Waals surface area contributed by atoms with Gasteiger partial charge in [-0.2, -0.15) is 0 Å². The van der Waals surface area contributed by atoms with Gasteiger partial charge in [-0.25, -0.2) is 0 Å². The number of amides is 1. The SMILES string of the molecule is COc1ccc(S[C@H](C)C(=O)N[C@@H](CC(C)C)c2ccccc2)cc1. The van der Waals surface area contributed by atoms with Crippen LogP contribution >= 0.6 is 11.8 Å². The number of benzene rings is 2. The fourth-order valence-corrected chi connectivity index (χ4v) is 3.51. The fraction of sp³-hybridized carbons (Fsp3) is 0.381. The topological polar surface area (TPSA) is 38.3 Å². The highest BCUT2D eigenvalue weighted by molar-refractivity contribution is 8.00. The van der Waals surface area contributed by atoms with E-state index in [1.54, 1.807) is 18.9 Å². The van der Waals surface area contributed by atoms with Crippen LogP contribution < -0.4 is 10.1 Å². The molecule has 2 atom stereocenters. The smallest absolute Gasteiger partial charge is 0.233 e. The van der Waals surface area contributed by atoms with Crippen molar-refractivity contribution >= 4 is 17.7 Å². The molecule has 2 aromatic carbocycles. The Balaban J connectivity index is 2.01. The van der Waals surface area contributed by atoms with Crippen molar-refractivity contribution in [3.63, 3.8) is 0 Å². The van der Waals surface area contributed by atoms with Crippen LogP contribution in [0.5, 0.6) is 5.75 Å². The Labute approximate surface area is 155 Å². The van der Waals surface area contributed by atoms with Crippen LogP contribution in [0.25, 0.3) is 0 Å². The molecular formula is C21H27NO2S. The summed E-state index contributed by atoms with van der Waals surface area (Å²) in [4.78, 5) is 13.7. The van der Waals surface area contributed by atoms with Crippen molar-refractivity contribution in [2.75, 3.05) is 7.11 Å². The lowest BCUT2D eigenvalue weighted by Crippen LogP contribution is -2.35. The Morgan fingerprint density at radius 3 is 2.24 bits per heavy atom. The number of thioether (sulfide) groups is 1. The second-order valence-corrected chi connectivity index (χ2v) is 7.95. The molecule has 1 amide bonds. The zero-order valence-electron chi connectivity index (χ0n) is 15.4. The Kier molecular flexibility index (Phi) is 7.38. The summed E-state index contributed by atoms with van der Waals surface area (Å²) in [5, 5.41) is 3.06. The van der Waals surface area contributed by atoms with Crippen LogP contribution in [0.3, 0.4) is 0 Å². The minimum absolute atomic E-state index is 0.0487. The van der Waals surface area contributed by atoms with Crippen molar-refractivity contribution in [1.82, 2.24) is 5.32 Å². The maximum absolute atomic E-state index is 12.7. The van der Waals surface area contributed by atoms with E-state index in [0.29, 0.717) is 5.92 Å². The summed E-state index contributed by atoms with van der Waals surface area (Å²) in [7, 11) is 1.65. The summed E-state index contributed by atoms with van der Waals surface area (Å²) >= 11 is 1.56. The molecule has 0 heterocycles. The van der Waals surface area contributed by atoms with E-state index >= 15 is 0 Å². The molecule has 0 aliphatic carbocycles. The van der Waals surface area contributed by atoms with E-state index in [-0.39, 0.29) is 17.2 Å². The molecule has 0 aliphatic rings. The number of rotatable bonds is 8. The van der Waals surface area contributed by atoms with E-state index in [2.05, 4.69) is 31.3 Å². The first-order valence-electron chi connectivity index (χ1n) is 8.65. The van der Waals surface area contributed by atoms with Gasteiger partial charge in [-0.15, -0.1) is 11.8 Å². The molecule has 0 unspecified atom stereocenters. The number of methoxy groups -OCH3 is 1. The zero-order valence-corrected chi connectivity index (χ0v) is 16.2. The number of nitrogens with one attached hydrogen (secondary N) is 1. The largest absolute Gasteiger partial charge is 0.497 e. The molecule has 0 aromatic heterocycles. The van der Waals surface area contributed by atoms with E-state index in [0.717, 1.165) is 22.6 Å². The molecule has 1 N–H and O–H groups in total. The monoisotopic (exact) mass is 357 g/mol. The predicted molar refractivity (Wildman–Crippen MR) is 105 cm³/mol. The van der Waals surface area contributed by atoms with Crippen molar-refractivity contribution < 1.29 is 9.53 Å². The number of carbonyl (C=O) groups excluding carboxylic acids is 1. The first-order chi connectivity index (χ1) is 12.0. The molecule has 0 saturated carbocycles. The average Bonchev–Trinajstić information content (AvgIpc) is 2.62. The van der Waals surface area contributed by atoms with Crippen LogP contribution in [0, 0.1) is 5.92 Å². The molecule has 0 spiro atoms. The summed E-state index contributed by atoms with van der Waals surface area (Å²) in [5.74, 6) is 1.40. The van der Waals surface area contributed by atoms with E-state index < -0.39 is 0 Å². The van der Waals surface area contributed by atoms with Gasteiger partial charge in [0.1, 0.15) is 5.75 Å². The minimum Gasteiger partial charge on any atom is -0.497 e. The maximum atomic E-state index is 12.7. The first-order valence-corrected chi connectivity index (χ1v) is 9.53. The lowest BCUT2D eigenvalue weighted by atomic mass is 9.97. The van der Waals surface area contributed by atoms with Crippen molar-refractivity contribution in [1.29, 1.82) is 0 Å². The van der Waals surface area contributed by atoms with Crippen LogP contribution in [0.1, 0.15) is 38.8 Å². The van der Waals surface area contributed by atoms with Gasteiger partial charge in [0.05, 0.1) is 18.4 Å². The second kappa shape index (κ2) is 9.52. The molecule has 2 rings (SSSR count). The molecule has 4 heteroatoms. The van der Waals surface area contributed by atoms with Crippen molar-refractivity contribution in [2.24, 2.45) is 5.92 Å². The van der Waals surface area contributed by atoms with Crippen LogP contribution in [0.15, 0.2) is 59.5 Å². The van der Waals surface area contributed by atoms with Gasteiger partial charge in [-0.05, 0) is 49.1 Å². The maximum Gasteiger partial charge on any atom is 0.233 e. The third kappa shape index (κ3) is 6.13. The highest BCUT2D eigenvalue weighted by Crippen LogP contribution is 2.27. The third-order valence-electron chi connectivity index (χ3n) is 3.97. The Hall–Kier alpha value is -1.94.